The van der Waals surface area contributed by atoms with Gasteiger partial charge in [0.2, 0.25) is 11.2 Å². The molecule has 0 radical (unpaired) electrons. The van der Waals surface area contributed by atoms with E-state index in [4.69, 9.17) is 42.0 Å². The second kappa shape index (κ2) is 32.1. The summed E-state index contributed by atoms with van der Waals surface area (Å²) in [5, 5.41) is 26.5. The maximum Gasteiger partial charge on any atom is 0.203 e. The van der Waals surface area contributed by atoms with E-state index in [0.29, 0.717) is 92.3 Å². The molecule has 2 aliphatic heterocycles. The molecule has 0 unspecified atom stereocenters. The number of ether oxygens (including phenoxy) is 3. The largest absolute Gasteiger partial charge is 0.494 e. The second-order valence-corrected chi connectivity index (χ2v) is 23.8. The van der Waals surface area contributed by atoms with Crippen molar-refractivity contribution >= 4 is 51.5 Å². The minimum absolute atomic E-state index is 0.260. The van der Waals surface area contributed by atoms with Crippen molar-refractivity contribution < 1.29 is 32.2 Å². The van der Waals surface area contributed by atoms with Gasteiger partial charge in [-0.25, -0.2) is 13.2 Å². The summed E-state index contributed by atoms with van der Waals surface area (Å²) in [6.07, 6.45) is 3.80. The molecule has 14 nitrogen and oxygen atoms in total. The van der Waals surface area contributed by atoms with Gasteiger partial charge >= 0.3 is 0 Å². The zero-order valence-corrected chi connectivity index (χ0v) is 53.1. The number of piperazine rings is 1. The van der Waals surface area contributed by atoms with Crippen molar-refractivity contribution in [3.8, 4) is 17.2 Å². The number of para-hydroxylation sites is 5. The fraction of sp³-hybridized carbons (Fsp3) is 0.237. The van der Waals surface area contributed by atoms with Gasteiger partial charge in [0.1, 0.15) is 46.8 Å². The van der Waals surface area contributed by atoms with E-state index in [1.165, 1.54) is 58.7 Å². The van der Waals surface area contributed by atoms with E-state index < -0.39 is 0 Å². The Balaban J connectivity index is 0.000000154. The summed E-state index contributed by atoms with van der Waals surface area (Å²) < 4.78 is 64.0. The van der Waals surface area contributed by atoms with E-state index in [0.717, 1.165) is 110 Å². The first-order valence-corrected chi connectivity index (χ1v) is 32.1. The Morgan fingerprint density at radius 3 is 1.17 bits per heavy atom. The van der Waals surface area contributed by atoms with Gasteiger partial charge in [0.25, 0.3) is 0 Å². The van der Waals surface area contributed by atoms with E-state index in [9.17, 15) is 18.0 Å². The second-order valence-electron chi connectivity index (χ2n) is 23.3. The van der Waals surface area contributed by atoms with E-state index in [1.807, 2.05) is 91.4 Å². The SMILES string of the molecule is N=C1Cc2ccccc2N1CCCOc1ccc(F)cc1.N=c1n(CCCOc2ccc(F)cc2)c2ccccc2n1Cc1ccc(C=O)cc1.N=c1n(CCCOc2ccc(F)cc2)c2ccccc2n1Cc1ccc(CN2CCN(Cc3ccc(Cl)cc3)CC2)cc1. The van der Waals surface area contributed by atoms with Crippen LogP contribution in [0.15, 0.2) is 218 Å². The maximum absolute atomic E-state index is 13.2. The van der Waals surface area contributed by atoms with Crippen molar-refractivity contribution in [2.24, 2.45) is 0 Å². The molecular weight excluding hydrogens is 1210 g/mol. The number of amidine groups is 1. The number of carbonyl (C=O) groups is 1. The number of imidazole rings is 2. The Bertz CT molecular complexity index is 4400. The topological polar surface area (TPSA) is 146 Å². The zero-order chi connectivity index (χ0) is 65.2. The highest BCUT2D eigenvalue weighted by atomic mass is 35.5. The Hall–Kier alpha value is -9.94. The summed E-state index contributed by atoms with van der Waals surface area (Å²) in [5.41, 5.74) is 12.8. The first-order chi connectivity index (χ1) is 45.9. The number of aromatic nitrogens is 4. The Kier molecular flexibility index (Phi) is 22.4. The maximum atomic E-state index is 13.2. The van der Waals surface area contributed by atoms with E-state index in [-0.39, 0.29) is 17.5 Å². The first-order valence-electron chi connectivity index (χ1n) is 31.8. The van der Waals surface area contributed by atoms with E-state index >= 15 is 0 Å². The van der Waals surface area contributed by atoms with Crippen LogP contribution in [0.4, 0.5) is 18.9 Å². The van der Waals surface area contributed by atoms with Gasteiger partial charge in [-0.2, -0.15) is 0 Å². The normalized spacial score (nSPS) is 13.1. The number of nitrogens with one attached hydrogen (secondary N) is 3. The van der Waals surface area contributed by atoms with Gasteiger partial charge in [-0.3, -0.25) is 30.8 Å². The first kappa shape index (κ1) is 65.5. The summed E-state index contributed by atoms with van der Waals surface area (Å²) in [6, 6.07) is 66.8. The molecule has 4 heterocycles. The highest BCUT2D eigenvalue weighted by Gasteiger charge is 2.23. The van der Waals surface area contributed by atoms with Crippen molar-refractivity contribution in [2.45, 2.75) is 65.0 Å². The van der Waals surface area contributed by atoms with Crippen LogP contribution >= 0.6 is 11.6 Å². The van der Waals surface area contributed by atoms with Gasteiger partial charge in [-0.1, -0.05) is 115 Å². The number of hydrogen-bond acceptors (Lipinski definition) is 9. The van der Waals surface area contributed by atoms with E-state index in [1.54, 1.807) is 48.5 Å². The molecule has 0 aliphatic carbocycles. The predicted molar refractivity (Wildman–Crippen MR) is 365 cm³/mol. The van der Waals surface area contributed by atoms with Crippen molar-refractivity contribution in [3.05, 3.63) is 285 Å². The lowest BCUT2D eigenvalue weighted by Crippen LogP contribution is -2.45. The van der Waals surface area contributed by atoms with Crippen LogP contribution in [0.1, 0.15) is 57.4 Å². The number of halogens is 4. The van der Waals surface area contributed by atoms with Gasteiger partial charge in [0, 0.05) is 81.6 Å². The molecule has 0 saturated carbocycles. The van der Waals surface area contributed by atoms with Gasteiger partial charge in [0.05, 0.1) is 55.0 Å². The van der Waals surface area contributed by atoms with Gasteiger partial charge in [-0.15, -0.1) is 0 Å². The number of fused-ring (bicyclic) bond motifs is 3. The highest BCUT2D eigenvalue weighted by molar-refractivity contribution is 6.30. The summed E-state index contributed by atoms with van der Waals surface area (Å²) in [7, 11) is 0. The minimum atomic E-state index is -0.287. The lowest BCUT2D eigenvalue weighted by Gasteiger charge is -2.34. The summed E-state index contributed by atoms with van der Waals surface area (Å²) in [5.74, 6) is 1.78. The lowest BCUT2D eigenvalue weighted by atomic mass is 10.1. The molecule has 2 aromatic heterocycles. The fourth-order valence-electron chi connectivity index (χ4n) is 11.8. The standard InChI is InChI=1S/C35H37ClFN5O.C24H22FN3O2.C17H17FN2O/c36-30-12-10-28(11-13-30)25-40-21-19-39(20-22-40)24-27-6-8-29(9-7-27)26-42-34-5-2-1-4-33(34)41(35(42)38)18-3-23-43-32-16-14-31(37)15-17-32;25-20-10-12-21(13-11-20)30-15-3-14-27-22-4-1-2-5-23(22)28(24(27)26)16-18-6-8-19(17-29)9-7-18;18-14-6-8-15(9-7-14)21-11-3-10-20-16-5-2-1-4-13(16)12-17(20)19/h1-2,4-17,38H,3,18-26H2;1-2,4-13,17,26H,3,14-16H2;1-2,4-9,19H,3,10-12H2. The van der Waals surface area contributed by atoms with Crippen LogP contribution in [0.5, 0.6) is 17.2 Å². The Morgan fingerprint density at radius 2 is 0.755 bits per heavy atom. The number of anilines is 1. The van der Waals surface area contributed by atoms with Gasteiger partial charge in [-0.05, 0) is 162 Å². The van der Waals surface area contributed by atoms with Crippen LogP contribution in [0.3, 0.4) is 0 Å². The van der Waals surface area contributed by atoms with Crippen LogP contribution in [0.25, 0.3) is 22.1 Å². The number of aryl methyl sites for hydroxylation is 2. The number of aldehydes is 1. The molecule has 13 rings (SSSR count). The average Bonchev–Trinajstić information content (AvgIpc) is 1.74. The number of hydrogen-bond donors (Lipinski definition) is 3. The molecule has 1 saturated heterocycles. The molecule has 0 bridgehead atoms. The quantitative estimate of drug-likeness (QED) is 0.0403. The smallest absolute Gasteiger partial charge is 0.203 e. The predicted octanol–water partition coefficient (Wildman–Crippen LogP) is 14.6. The third-order valence-corrected chi connectivity index (χ3v) is 17.0. The third-order valence-electron chi connectivity index (χ3n) is 16.8. The molecule has 9 aromatic carbocycles. The number of carbonyl (C=O) groups excluding carboxylic acids is 1. The zero-order valence-electron chi connectivity index (χ0n) is 52.4. The monoisotopic (exact) mass is 1280 g/mol. The number of nitrogens with zero attached hydrogens (tertiary/aromatic N) is 7. The Morgan fingerprint density at radius 1 is 0.404 bits per heavy atom. The molecule has 0 atom stereocenters. The molecule has 0 amide bonds. The molecule has 1 fully saturated rings. The average molecular weight is 1290 g/mol. The fourth-order valence-corrected chi connectivity index (χ4v) is 11.9. The summed E-state index contributed by atoms with van der Waals surface area (Å²) in [4.78, 5) is 17.9. The van der Waals surface area contributed by atoms with E-state index in [2.05, 4.69) is 75.0 Å². The lowest BCUT2D eigenvalue weighted by molar-refractivity contribution is 0.112. The highest BCUT2D eigenvalue weighted by Crippen LogP contribution is 2.29. The molecule has 482 valence electrons. The third kappa shape index (κ3) is 17.4. The van der Waals surface area contributed by atoms with Crippen molar-refractivity contribution in [1.29, 1.82) is 16.2 Å². The van der Waals surface area contributed by atoms with Crippen LogP contribution in [0, 0.1) is 33.7 Å². The van der Waals surface area contributed by atoms with Crippen molar-refractivity contribution in [2.75, 3.05) is 57.4 Å². The molecule has 3 N–H and O–H groups in total. The van der Waals surface area contributed by atoms with Crippen LogP contribution in [-0.4, -0.2) is 92.7 Å². The van der Waals surface area contributed by atoms with Crippen molar-refractivity contribution in [1.82, 2.24) is 28.1 Å². The molecular formula is C76H76ClF3N10O4. The molecule has 2 aliphatic rings. The number of benzene rings is 9. The molecule has 11 aromatic rings. The Labute approximate surface area is 550 Å². The van der Waals surface area contributed by atoms with Crippen LogP contribution < -0.4 is 30.3 Å². The molecule has 0 spiro atoms. The number of rotatable bonds is 24. The van der Waals surface area contributed by atoms with Gasteiger partial charge < -0.3 is 37.4 Å². The summed E-state index contributed by atoms with van der Waals surface area (Å²) >= 11 is 6.03. The molecule has 94 heavy (non-hydrogen) atoms. The van der Waals surface area contributed by atoms with Gasteiger partial charge in [0.15, 0.2) is 0 Å². The molecule has 18 heteroatoms. The van der Waals surface area contributed by atoms with Crippen molar-refractivity contribution in [3.63, 3.8) is 0 Å². The van der Waals surface area contributed by atoms with Crippen LogP contribution in [0.2, 0.25) is 5.02 Å². The van der Waals surface area contributed by atoms with Crippen LogP contribution in [-0.2, 0) is 45.7 Å². The summed E-state index contributed by atoms with van der Waals surface area (Å²) in [6.45, 7) is 10.9. The minimum Gasteiger partial charge on any atom is -0.494 e.